The first-order valence-corrected chi connectivity index (χ1v) is 8.74. The number of hydrogen-bond donors (Lipinski definition) is 1. The highest BCUT2D eigenvalue weighted by atomic mass is 32.1. The van der Waals surface area contributed by atoms with E-state index in [-0.39, 0.29) is 11.8 Å². The number of piperidine rings is 1. The van der Waals surface area contributed by atoms with Crippen molar-refractivity contribution in [2.24, 2.45) is 5.92 Å². The van der Waals surface area contributed by atoms with Gasteiger partial charge < -0.3 is 15.1 Å². The summed E-state index contributed by atoms with van der Waals surface area (Å²) in [5, 5.41) is 6.28. The molecule has 3 heterocycles. The number of amides is 1. The van der Waals surface area contributed by atoms with Gasteiger partial charge in [-0.05, 0) is 45.8 Å². The predicted molar refractivity (Wildman–Crippen MR) is 85.7 cm³/mol. The number of nitrogens with zero attached hydrogens (tertiary/aromatic N) is 3. The first-order chi connectivity index (χ1) is 10.2. The van der Waals surface area contributed by atoms with Crippen LogP contribution in [-0.4, -0.2) is 55.1 Å². The van der Waals surface area contributed by atoms with Crippen molar-refractivity contribution in [2.45, 2.75) is 31.7 Å². The minimum atomic E-state index is 0.205. The van der Waals surface area contributed by atoms with Gasteiger partial charge in [0.05, 0.1) is 0 Å². The number of hydrogen-bond acceptors (Lipinski definition) is 5. The molecule has 0 spiro atoms. The average molecular weight is 308 g/mol. The number of aromatic nitrogens is 1. The molecule has 2 aliphatic heterocycles. The van der Waals surface area contributed by atoms with Gasteiger partial charge in [-0.25, -0.2) is 4.98 Å². The standard InChI is InChI=1S/C15H24N4OS/c1-18-8-4-12(5-9-18)14(20)17-11-13-3-2-7-19(13)15-16-6-10-21-15/h6,10,12-13H,2-5,7-9,11H2,1H3,(H,17,20). The maximum atomic E-state index is 12.3. The second kappa shape index (κ2) is 6.75. The highest BCUT2D eigenvalue weighted by Gasteiger charge is 2.28. The maximum Gasteiger partial charge on any atom is 0.223 e. The van der Waals surface area contributed by atoms with Crippen LogP contribution < -0.4 is 10.2 Å². The lowest BCUT2D eigenvalue weighted by molar-refractivity contribution is -0.126. The Balaban J connectivity index is 1.49. The molecule has 6 heteroatoms. The Morgan fingerprint density at radius 1 is 1.38 bits per heavy atom. The highest BCUT2D eigenvalue weighted by Crippen LogP contribution is 2.27. The van der Waals surface area contributed by atoms with Crippen LogP contribution in [0.15, 0.2) is 11.6 Å². The van der Waals surface area contributed by atoms with Crippen LogP contribution >= 0.6 is 11.3 Å². The van der Waals surface area contributed by atoms with Crippen LogP contribution in [0.3, 0.4) is 0 Å². The highest BCUT2D eigenvalue weighted by molar-refractivity contribution is 7.13. The number of rotatable bonds is 4. The largest absolute Gasteiger partial charge is 0.354 e. The van der Waals surface area contributed by atoms with Crippen molar-refractivity contribution in [3.05, 3.63) is 11.6 Å². The average Bonchev–Trinajstić information content (AvgIpc) is 3.16. The third kappa shape index (κ3) is 3.55. The van der Waals surface area contributed by atoms with Gasteiger partial charge in [0.25, 0.3) is 0 Å². The molecule has 0 radical (unpaired) electrons. The molecule has 1 N–H and O–H groups in total. The van der Waals surface area contributed by atoms with Crippen LogP contribution in [0.4, 0.5) is 5.13 Å². The van der Waals surface area contributed by atoms with Gasteiger partial charge >= 0.3 is 0 Å². The summed E-state index contributed by atoms with van der Waals surface area (Å²) < 4.78 is 0. The fourth-order valence-electron chi connectivity index (χ4n) is 3.29. The van der Waals surface area contributed by atoms with Crippen LogP contribution in [0, 0.1) is 5.92 Å². The number of carbonyl (C=O) groups is 1. The van der Waals surface area contributed by atoms with Crippen molar-refractivity contribution in [3.63, 3.8) is 0 Å². The number of likely N-dealkylation sites (tertiary alicyclic amines) is 1. The van der Waals surface area contributed by atoms with Gasteiger partial charge in [0.15, 0.2) is 5.13 Å². The molecule has 1 aromatic rings. The zero-order chi connectivity index (χ0) is 14.7. The minimum absolute atomic E-state index is 0.205. The van der Waals surface area contributed by atoms with Gasteiger partial charge in [-0.3, -0.25) is 4.79 Å². The first kappa shape index (κ1) is 14.8. The number of thiazole rings is 1. The van der Waals surface area contributed by atoms with Crippen molar-refractivity contribution in [1.29, 1.82) is 0 Å². The van der Waals surface area contributed by atoms with E-state index in [1.54, 1.807) is 11.3 Å². The molecule has 2 saturated heterocycles. The lowest BCUT2D eigenvalue weighted by Gasteiger charge is -2.29. The molecule has 2 aliphatic rings. The van der Waals surface area contributed by atoms with E-state index in [2.05, 4.69) is 27.1 Å². The van der Waals surface area contributed by atoms with E-state index in [4.69, 9.17) is 0 Å². The fraction of sp³-hybridized carbons (Fsp3) is 0.733. The van der Waals surface area contributed by atoms with Crippen LogP contribution in [0.1, 0.15) is 25.7 Å². The topological polar surface area (TPSA) is 48.5 Å². The normalized spacial score (nSPS) is 24.4. The van der Waals surface area contributed by atoms with E-state index in [9.17, 15) is 4.79 Å². The Morgan fingerprint density at radius 3 is 2.90 bits per heavy atom. The smallest absolute Gasteiger partial charge is 0.223 e. The molecule has 0 aliphatic carbocycles. The van der Waals surface area contributed by atoms with Crippen LogP contribution in [0.2, 0.25) is 0 Å². The van der Waals surface area contributed by atoms with Gasteiger partial charge in [0.1, 0.15) is 0 Å². The third-order valence-corrected chi connectivity index (χ3v) is 5.45. The van der Waals surface area contributed by atoms with Crippen molar-refractivity contribution >= 4 is 22.4 Å². The molecule has 3 rings (SSSR count). The Morgan fingerprint density at radius 2 is 2.19 bits per heavy atom. The molecule has 5 nitrogen and oxygen atoms in total. The summed E-state index contributed by atoms with van der Waals surface area (Å²) in [4.78, 5) is 21.3. The quantitative estimate of drug-likeness (QED) is 0.917. The second-order valence-corrected chi connectivity index (χ2v) is 7.00. The van der Waals surface area contributed by atoms with Crippen molar-refractivity contribution < 1.29 is 4.79 Å². The lowest BCUT2D eigenvalue weighted by Crippen LogP contribution is -2.44. The SMILES string of the molecule is CN1CCC(C(=O)NCC2CCCN2c2nccs2)CC1. The van der Waals surface area contributed by atoms with Crippen LogP contribution in [0.25, 0.3) is 0 Å². The Bertz CT molecular complexity index is 456. The monoisotopic (exact) mass is 308 g/mol. The third-order valence-electron chi connectivity index (χ3n) is 4.64. The molecule has 0 bridgehead atoms. The van der Waals surface area contributed by atoms with Crippen LogP contribution in [0.5, 0.6) is 0 Å². The van der Waals surface area contributed by atoms with E-state index < -0.39 is 0 Å². The predicted octanol–water partition coefficient (Wildman–Crippen LogP) is 1.57. The van der Waals surface area contributed by atoms with Gasteiger partial charge in [0.2, 0.25) is 5.91 Å². The van der Waals surface area contributed by atoms with E-state index in [0.717, 1.165) is 50.6 Å². The van der Waals surface area contributed by atoms with Crippen molar-refractivity contribution in [2.75, 3.05) is 38.1 Å². The summed E-state index contributed by atoms with van der Waals surface area (Å²) in [5.41, 5.74) is 0. The van der Waals surface area contributed by atoms with Gasteiger partial charge in [-0.2, -0.15) is 0 Å². The summed E-state index contributed by atoms with van der Waals surface area (Å²) in [6.07, 6.45) is 6.17. The summed E-state index contributed by atoms with van der Waals surface area (Å²) >= 11 is 1.68. The molecule has 1 unspecified atom stereocenters. The second-order valence-electron chi connectivity index (χ2n) is 6.13. The summed E-state index contributed by atoms with van der Waals surface area (Å²) in [7, 11) is 2.12. The Kier molecular flexibility index (Phi) is 4.75. The molecular formula is C15H24N4OS. The summed E-state index contributed by atoms with van der Waals surface area (Å²) in [5.74, 6) is 0.449. The molecule has 0 aromatic carbocycles. The molecule has 1 aromatic heterocycles. The van der Waals surface area contributed by atoms with Gasteiger partial charge in [-0.1, -0.05) is 0 Å². The summed E-state index contributed by atoms with van der Waals surface area (Å²) in [6, 6.07) is 0.409. The van der Waals surface area contributed by atoms with E-state index in [0.29, 0.717) is 6.04 Å². The van der Waals surface area contributed by atoms with E-state index in [1.165, 1.54) is 6.42 Å². The number of anilines is 1. The first-order valence-electron chi connectivity index (χ1n) is 7.86. The zero-order valence-electron chi connectivity index (χ0n) is 12.6. The number of nitrogens with one attached hydrogen (secondary N) is 1. The molecule has 0 saturated carbocycles. The maximum absolute atomic E-state index is 12.3. The van der Waals surface area contributed by atoms with E-state index in [1.807, 2.05) is 11.6 Å². The molecular weight excluding hydrogens is 284 g/mol. The zero-order valence-corrected chi connectivity index (χ0v) is 13.4. The van der Waals surface area contributed by atoms with Crippen LogP contribution in [-0.2, 0) is 4.79 Å². The minimum Gasteiger partial charge on any atom is -0.354 e. The molecule has 21 heavy (non-hydrogen) atoms. The lowest BCUT2D eigenvalue weighted by atomic mass is 9.96. The summed E-state index contributed by atoms with van der Waals surface area (Å²) in [6.45, 7) is 3.88. The Hall–Kier alpha value is -1.14. The molecule has 116 valence electrons. The van der Waals surface area contributed by atoms with Gasteiger partial charge in [0, 0.05) is 36.6 Å². The molecule has 2 fully saturated rings. The van der Waals surface area contributed by atoms with E-state index >= 15 is 0 Å². The van der Waals surface area contributed by atoms with Gasteiger partial charge in [-0.15, -0.1) is 11.3 Å². The Labute approximate surface area is 130 Å². The molecule has 1 amide bonds. The fourth-order valence-corrected chi connectivity index (χ4v) is 4.03. The number of carbonyl (C=O) groups excluding carboxylic acids is 1. The molecule has 1 atom stereocenters. The van der Waals surface area contributed by atoms with Crippen molar-refractivity contribution in [3.8, 4) is 0 Å². The van der Waals surface area contributed by atoms with Crippen molar-refractivity contribution in [1.82, 2.24) is 15.2 Å².